The Morgan fingerprint density at radius 3 is 2.72 bits per heavy atom. The van der Waals surface area contributed by atoms with Crippen molar-refractivity contribution < 1.29 is 4.79 Å². The van der Waals surface area contributed by atoms with Crippen molar-refractivity contribution >= 4 is 44.0 Å². The number of nitrogen functional groups attached to an aromatic ring is 1. The molecule has 0 atom stereocenters. The second kappa shape index (κ2) is 5.07. The molecule has 6 heteroatoms. The van der Waals surface area contributed by atoms with Gasteiger partial charge in [-0.05, 0) is 48.0 Å². The number of halogens is 1. The van der Waals surface area contributed by atoms with E-state index in [9.17, 15) is 4.79 Å². The summed E-state index contributed by atoms with van der Waals surface area (Å²) in [5.41, 5.74) is 7.73. The first-order valence-corrected chi connectivity index (χ1v) is 6.88. The van der Waals surface area contributed by atoms with Crippen molar-refractivity contribution in [3.05, 3.63) is 38.8 Å². The van der Waals surface area contributed by atoms with Gasteiger partial charge in [-0.2, -0.15) is 0 Å². The lowest BCUT2D eigenvalue weighted by atomic mass is 10.2. The van der Waals surface area contributed by atoms with Crippen LogP contribution in [0.3, 0.4) is 0 Å². The molecule has 0 aliphatic carbocycles. The molecule has 0 aliphatic rings. The lowest BCUT2D eigenvalue weighted by molar-refractivity contribution is 0.102. The van der Waals surface area contributed by atoms with E-state index in [2.05, 4.69) is 26.2 Å². The Balaban J connectivity index is 2.19. The number of carbonyl (C=O) groups excluding carboxylic acids is 1. The molecule has 0 aliphatic heterocycles. The molecule has 1 aromatic carbocycles. The summed E-state index contributed by atoms with van der Waals surface area (Å²) in [6.45, 7) is 3.89. The van der Waals surface area contributed by atoms with Gasteiger partial charge in [-0.25, -0.2) is 4.98 Å². The van der Waals surface area contributed by atoms with Crippen LogP contribution in [0.5, 0.6) is 0 Å². The predicted octanol–water partition coefficient (Wildman–Crippen LogP) is 3.36. The normalized spacial score (nSPS) is 10.4. The number of hydrogen-bond donors (Lipinski definition) is 2. The third-order valence-electron chi connectivity index (χ3n) is 2.51. The minimum Gasteiger partial charge on any atom is -0.398 e. The van der Waals surface area contributed by atoms with Gasteiger partial charge in [-0.1, -0.05) is 0 Å². The maximum Gasteiger partial charge on any atom is 0.257 e. The van der Waals surface area contributed by atoms with Crippen LogP contribution in [0.15, 0.2) is 22.7 Å². The van der Waals surface area contributed by atoms with Crippen LogP contribution in [0.4, 0.5) is 10.8 Å². The monoisotopic (exact) mass is 325 g/mol. The summed E-state index contributed by atoms with van der Waals surface area (Å²) in [5, 5.41) is 3.37. The van der Waals surface area contributed by atoms with Crippen LogP contribution in [-0.2, 0) is 0 Å². The minimum absolute atomic E-state index is 0.206. The van der Waals surface area contributed by atoms with E-state index in [-0.39, 0.29) is 5.91 Å². The van der Waals surface area contributed by atoms with E-state index in [0.29, 0.717) is 16.4 Å². The lowest BCUT2D eigenvalue weighted by Crippen LogP contribution is -2.12. The molecule has 2 aromatic rings. The Morgan fingerprint density at radius 1 is 1.44 bits per heavy atom. The van der Waals surface area contributed by atoms with E-state index < -0.39 is 0 Å². The van der Waals surface area contributed by atoms with E-state index in [1.165, 1.54) is 11.3 Å². The largest absolute Gasteiger partial charge is 0.398 e. The van der Waals surface area contributed by atoms with Crippen LogP contribution in [0.2, 0.25) is 0 Å². The molecule has 0 fully saturated rings. The molecule has 4 nitrogen and oxygen atoms in total. The van der Waals surface area contributed by atoms with Gasteiger partial charge in [0.05, 0.1) is 5.69 Å². The quantitative estimate of drug-likeness (QED) is 0.832. The molecule has 0 bridgehead atoms. The van der Waals surface area contributed by atoms with Crippen molar-refractivity contribution in [2.24, 2.45) is 0 Å². The highest BCUT2D eigenvalue weighted by molar-refractivity contribution is 9.10. The summed E-state index contributed by atoms with van der Waals surface area (Å²) in [6.07, 6.45) is 0. The summed E-state index contributed by atoms with van der Waals surface area (Å²) < 4.78 is 0.778. The van der Waals surface area contributed by atoms with E-state index >= 15 is 0 Å². The number of nitrogens with one attached hydrogen (secondary N) is 1. The number of nitrogens with zero attached hydrogens (tertiary/aromatic N) is 1. The van der Waals surface area contributed by atoms with E-state index in [0.717, 1.165) is 15.0 Å². The van der Waals surface area contributed by atoms with E-state index in [1.807, 2.05) is 13.8 Å². The van der Waals surface area contributed by atoms with Crippen molar-refractivity contribution in [2.45, 2.75) is 13.8 Å². The van der Waals surface area contributed by atoms with Gasteiger partial charge in [-0.15, -0.1) is 11.3 Å². The molecule has 0 saturated heterocycles. The third-order valence-corrected chi connectivity index (χ3v) is 4.22. The topological polar surface area (TPSA) is 68.0 Å². The number of thiazole rings is 1. The van der Waals surface area contributed by atoms with Crippen molar-refractivity contribution in [1.29, 1.82) is 0 Å². The molecule has 18 heavy (non-hydrogen) atoms. The smallest absolute Gasteiger partial charge is 0.257 e. The summed E-state index contributed by atoms with van der Waals surface area (Å²) in [4.78, 5) is 17.3. The van der Waals surface area contributed by atoms with Crippen LogP contribution in [-0.4, -0.2) is 10.9 Å². The summed E-state index contributed by atoms with van der Waals surface area (Å²) >= 11 is 4.75. The van der Waals surface area contributed by atoms with Crippen molar-refractivity contribution in [1.82, 2.24) is 4.98 Å². The average molecular weight is 326 g/mol. The molecule has 1 amide bonds. The minimum atomic E-state index is -0.206. The third kappa shape index (κ3) is 2.70. The summed E-state index contributed by atoms with van der Waals surface area (Å²) in [6, 6.07) is 5.10. The highest BCUT2D eigenvalue weighted by atomic mass is 79.9. The second-order valence-electron chi connectivity index (χ2n) is 3.85. The zero-order valence-electron chi connectivity index (χ0n) is 9.95. The van der Waals surface area contributed by atoms with Crippen LogP contribution in [0.1, 0.15) is 20.9 Å². The average Bonchev–Trinajstić information content (AvgIpc) is 2.61. The summed E-state index contributed by atoms with van der Waals surface area (Å²) in [5.74, 6) is -0.206. The van der Waals surface area contributed by atoms with Gasteiger partial charge in [0.25, 0.3) is 5.91 Å². The highest BCUT2D eigenvalue weighted by Gasteiger charge is 2.11. The fourth-order valence-corrected chi connectivity index (χ4v) is 2.44. The zero-order valence-corrected chi connectivity index (χ0v) is 12.4. The van der Waals surface area contributed by atoms with Gasteiger partial charge in [0.1, 0.15) is 0 Å². The molecule has 0 radical (unpaired) electrons. The first-order valence-electron chi connectivity index (χ1n) is 5.28. The number of hydrogen-bond acceptors (Lipinski definition) is 4. The molecule has 0 unspecified atom stereocenters. The molecule has 1 aromatic heterocycles. The fourth-order valence-electron chi connectivity index (χ4n) is 1.38. The summed E-state index contributed by atoms with van der Waals surface area (Å²) in [7, 11) is 0. The molecular formula is C12H12BrN3OS. The van der Waals surface area contributed by atoms with Gasteiger partial charge in [0, 0.05) is 20.6 Å². The van der Waals surface area contributed by atoms with Gasteiger partial charge < -0.3 is 5.73 Å². The first-order chi connectivity index (χ1) is 8.47. The molecule has 94 valence electrons. The van der Waals surface area contributed by atoms with Gasteiger partial charge in [-0.3, -0.25) is 10.1 Å². The Kier molecular flexibility index (Phi) is 3.68. The second-order valence-corrected chi connectivity index (χ2v) is 5.91. The maximum absolute atomic E-state index is 12.0. The Hall–Kier alpha value is -1.40. The fraction of sp³-hybridized carbons (Fsp3) is 0.167. The van der Waals surface area contributed by atoms with Crippen LogP contribution < -0.4 is 11.1 Å². The molecular weight excluding hydrogens is 314 g/mol. The number of aryl methyl sites for hydroxylation is 2. The van der Waals surface area contributed by atoms with Crippen LogP contribution >= 0.6 is 27.3 Å². The maximum atomic E-state index is 12.0. The predicted molar refractivity (Wildman–Crippen MR) is 78.1 cm³/mol. The van der Waals surface area contributed by atoms with Crippen molar-refractivity contribution in [3.63, 3.8) is 0 Å². The van der Waals surface area contributed by atoms with Crippen LogP contribution in [0.25, 0.3) is 0 Å². The Bertz CT molecular complexity index is 590. The molecule has 0 spiro atoms. The van der Waals surface area contributed by atoms with Crippen molar-refractivity contribution in [3.8, 4) is 0 Å². The van der Waals surface area contributed by atoms with Gasteiger partial charge in [0.2, 0.25) is 0 Å². The number of amides is 1. The lowest BCUT2D eigenvalue weighted by Gasteiger charge is -2.04. The van der Waals surface area contributed by atoms with Gasteiger partial charge >= 0.3 is 0 Å². The number of aromatic nitrogens is 1. The molecule has 0 saturated carbocycles. The number of benzene rings is 1. The number of nitrogens with two attached hydrogens (primary N) is 1. The highest BCUT2D eigenvalue weighted by Crippen LogP contribution is 2.23. The zero-order chi connectivity index (χ0) is 13.3. The van der Waals surface area contributed by atoms with Gasteiger partial charge in [0.15, 0.2) is 5.13 Å². The van der Waals surface area contributed by atoms with E-state index in [1.54, 1.807) is 18.2 Å². The Morgan fingerprint density at radius 2 is 2.17 bits per heavy atom. The SMILES string of the molecule is Cc1nc(NC(=O)c2ccc(Br)c(N)c2)sc1C. The molecule has 3 N–H and O–H groups in total. The van der Waals surface area contributed by atoms with Crippen LogP contribution in [0, 0.1) is 13.8 Å². The first kappa shape index (κ1) is 13.0. The number of carbonyl (C=O) groups is 1. The number of rotatable bonds is 2. The van der Waals surface area contributed by atoms with E-state index in [4.69, 9.17) is 5.73 Å². The Labute approximate surface area is 117 Å². The number of anilines is 2. The standard InChI is InChI=1S/C12H12BrN3OS/c1-6-7(2)18-12(15-6)16-11(17)8-3-4-9(13)10(14)5-8/h3-5H,14H2,1-2H3,(H,15,16,17). The molecule has 2 rings (SSSR count). The van der Waals surface area contributed by atoms with Crippen molar-refractivity contribution in [2.75, 3.05) is 11.1 Å². The molecule has 1 heterocycles.